The molecule has 3 heteroatoms. The molecule has 0 saturated heterocycles. The van der Waals surface area contributed by atoms with E-state index in [9.17, 15) is 0 Å². The molecule has 0 amide bonds. The Morgan fingerprint density at radius 3 is 2.76 bits per heavy atom. The minimum atomic E-state index is 0.0899. The summed E-state index contributed by atoms with van der Waals surface area (Å²) in [6.07, 6.45) is 2.55. The maximum Gasteiger partial charge on any atom is 0.176 e. The lowest BCUT2D eigenvalue weighted by atomic mass is 10.1. The van der Waals surface area contributed by atoms with Gasteiger partial charge in [0.15, 0.2) is 11.3 Å². The Kier molecular flexibility index (Phi) is 2.56. The van der Waals surface area contributed by atoms with Crippen LogP contribution in [0.5, 0.6) is 5.75 Å². The Hall–Kier alpha value is -1.48. The maximum atomic E-state index is 5.89. The van der Waals surface area contributed by atoms with Crippen molar-refractivity contribution in [1.82, 2.24) is 0 Å². The number of rotatable bonds is 4. The van der Waals surface area contributed by atoms with E-state index in [1.165, 1.54) is 12.8 Å². The van der Waals surface area contributed by atoms with Crippen LogP contribution in [0.25, 0.3) is 11.0 Å². The third-order valence-electron chi connectivity index (χ3n) is 3.33. The van der Waals surface area contributed by atoms with Crippen LogP contribution in [0, 0.1) is 5.92 Å². The van der Waals surface area contributed by atoms with Crippen LogP contribution in [0.2, 0.25) is 0 Å². The molecule has 1 heterocycles. The number of para-hydroxylation sites is 1. The van der Waals surface area contributed by atoms with Gasteiger partial charge in [-0.05, 0) is 30.9 Å². The quantitative estimate of drug-likeness (QED) is 0.808. The standard InChI is InChI=1S/C14H16O3/c1-15-11-5-3-4-10-8-12(17-14(10)11)13(16-2)9-6-7-9/h3-5,8-9,13H,6-7H2,1-2H3. The normalized spacial score (nSPS) is 17.3. The molecule has 0 spiro atoms. The molecular weight excluding hydrogens is 216 g/mol. The number of hydrogen-bond donors (Lipinski definition) is 0. The highest BCUT2D eigenvalue weighted by molar-refractivity contribution is 5.83. The first-order valence-electron chi connectivity index (χ1n) is 5.92. The van der Waals surface area contributed by atoms with Gasteiger partial charge in [0.05, 0.1) is 7.11 Å². The summed E-state index contributed by atoms with van der Waals surface area (Å²) in [6, 6.07) is 7.97. The fourth-order valence-electron chi connectivity index (χ4n) is 2.30. The van der Waals surface area contributed by atoms with Gasteiger partial charge in [0.1, 0.15) is 11.9 Å². The summed E-state index contributed by atoms with van der Waals surface area (Å²) in [5.41, 5.74) is 0.813. The van der Waals surface area contributed by atoms with Crippen LogP contribution < -0.4 is 4.74 Å². The van der Waals surface area contributed by atoms with Gasteiger partial charge < -0.3 is 13.9 Å². The summed E-state index contributed by atoms with van der Waals surface area (Å²) in [5, 5.41) is 1.07. The Bertz CT molecular complexity index is 525. The number of benzene rings is 1. The van der Waals surface area contributed by atoms with Gasteiger partial charge in [0, 0.05) is 12.5 Å². The summed E-state index contributed by atoms with van der Waals surface area (Å²) < 4.78 is 16.7. The van der Waals surface area contributed by atoms with Gasteiger partial charge in [-0.1, -0.05) is 12.1 Å². The lowest BCUT2D eigenvalue weighted by Crippen LogP contribution is -2.01. The van der Waals surface area contributed by atoms with E-state index in [0.717, 1.165) is 22.5 Å². The van der Waals surface area contributed by atoms with Gasteiger partial charge in [-0.2, -0.15) is 0 Å². The van der Waals surface area contributed by atoms with E-state index >= 15 is 0 Å². The third kappa shape index (κ3) is 1.80. The lowest BCUT2D eigenvalue weighted by Gasteiger charge is -2.10. The number of ether oxygens (including phenoxy) is 2. The van der Waals surface area contributed by atoms with Crippen molar-refractivity contribution in [2.45, 2.75) is 18.9 Å². The first-order chi connectivity index (χ1) is 8.33. The summed E-state index contributed by atoms with van der Waals surface area (Å²) in [5.74, 6) is 2.31. The number of hydrogen-bond acceptors (Lipinski definition) is 3. The van der Waals surface area contributed by atoms with Crippen LogP contribution in [0.4, 0.5) is 0 Å². The van der Waals surface area contributed by atoms with Crippen LogP contribution >= 0.6 is 0 Å². The molecule has 2 aromatic rings. The zero-order valence-corrected chi connectivity index (χ0v) is 10.1. The second kappa shape index (κ2) is 4.08. The first-order valence-corrected chi connectivity index (χ1v) is 5.92. The van der Waals surface area contributed by atoms with Gasteiger partial charge in [0.2, 0.25) is 0 Å². The molecular formula is C14H16O3. The van der Waals surface area contributed by atoms with Gasteiger partial charge >= 0.3 is 0 Å². The van der Waals surface area contributed by atoms with Crippen LogP contribution in [-0.2, 0) is 4.74 Å². The molecule has 1 aliphatic rings. The smallest absolute Gasteiger partial charge is 0.176 e. The van der Waals surface area contributed by atoms with Crippen molar-refractivity contribution >= 4 is 11.0 Å². The highest BCUT2D eigenvalue weighted by Crippen LogP contribution is 2.44. The Balaban J connectivity index is 2.05. The van der Waals surface area contributed by atoms with E-state index in [-0.39, 0.29) is 6.10 Å². The van der Waals surface area contributed by atoms with Crippen LogP contribution in [0.1, 0.15) is 24.7 Å². The minimum Gasteiger partial charge on any atom is -0.493 e. The Morgan fingerprint density at radius 2 is 2.12 bits per heavy atom. The van der Waals surface area contributed by atoms with Crippen molar-refractivity contribution < 1.29 is 13.9 Å². The number of methoxy groups -OCH3 is 2. The predicted octanol–water partition coefficient (Wildman–Crippen LogP) is 3.54. The van der Waals surface area contributed by atoms with E-state index < -0.39 is 0 Å². The van der Waals surface area contributed by atoms with Gasteiger partial charge in [0.25, 0.3) is 0 Å². The molecule has 1 fully saturated rings. The molecule has 1 aliphatic carbocycles. The monoisotopic (exact) mass is 232 g/mol. The summed E-state index contributed by atoms with van der Waals surface area (Å²) in [4.78, 5) is 0. The fourth-order valence-corrected chi connectivity index (χ4v) is 2.30. The Morgan fingerprint density at radius 1 is 1.29 bits per heavy atom. The molecule has 0 bridgehead atoms. The van der Waals surface area contributed by atoms with E-state index in [4.69, 9.17) is 13.9 Å². The molecule has 90 valence electrons. The lowest BCUT2D eigenvalue weighted by molar-refractivity contribution is 0.0672. The third-order valence-corrected chi connectivity index (χ3v) is 3.33. The van der Waals surface area contributed by atoms with Crippen LogP contribution in [0.15, 0.2) is 28.7 Å². The highest BCUT2D eigenvalue weighted by Gasteiger charge is 2.34. The van der Waals surface area contributed by atoms with Crippen LogP contribution in [-0.4, -0.2) is 14.2 Å². The number of fused-ring (bicyclic) bond motifs is 1. The molecule has 0 N–H and O–H groups in total. The molecule has 1 atom stereocenters. The van der Waals surface area contributed by atoms with E-state index in [1.807, 2.05) is 18.2 Å². The molecule has 0 radical (unpaired) electrons. The van der Waals surface area contributed by atoms with Crippen molar-refractivity contribution in [3.05, 3.63) is 30.0 Å². The summed E-state index contributed by atoms with van der Waals surface area (Å²) in [6.45, 7) is 0. The molecule has 1 aromatic carbocycles. The molecule has 0 aliphatic heterocycles. The van der Waals surface area contributed by atoms with E-state index in [0.29, 0.717) is 5.92 Å². The molecule has 1 unspecified atom stereocenters. The average molecular weight is 232 g/mol. The van der Waals surface area contributed by atoms with E-state index in [1.54, 1.807) is 14.2 Å². The maximum absolute atomic E-state index is 5.89. The molecule has 3 nitrogen and oxygen atoms in total. The first kappa shape index (κ1) is 10.7. The molecule has 3 rings (SSSR count). The predicted molar refractivity (Wildman–Crippen MR) is 65.2 cm³/mol. The fraction of sp³-hybridized carbons (Fsp3) is 0.429. The average Bonchev–Trinajstić information content (AvgIpc) is 3.08. The van der Waals surface area contributed by atoms with Gasteiger partial charge in [-0.15, -0.1) is 0 Å². The molecule has 1 saturated carbocycles. The van der Waals surface area contributed by atoms with Gasteiger partial charge in [-0.3, -0.25) is 0 Å². The van der Waals surface area contributed by atoms with Crippen molar-refractivity contribution in [2.24, 2.45) is 5.92 Å². The highest BCUT2D eigenvalue weighted by atomic mass is 16.5. The van der Waals surface area contributed by atoms with Gasteiger partial charge in [-0.25, -0.2) is 0 Å². The zero-order valence-electron chi connectivity index (χ0n) is 10.1. The SMILES string of the molecule is COc1cccc2cc(C(OC)C3CC3)oc12. The zero-order chi connectivity index (χ0) is 11.8. The minimum absolute atomic E-state index is 0.0899. The van der Waals surface area contributed by atoms with Crippen molar-refractivity contribution in [3.8, 4) is 5.75 Å². The van der Waals surface area contributed by atoms with Crippen molar-refractivity contribution in [2.75, 3.05) is 14.2 Å². The molecule has 17 heavy (non-hydrogen) atoms. The molecule has 1 aromatic heterocycles. The topological polar surface area (TPSA) is 31.6 Å². The van der Waals surface area contributed by atoms with Crippen molar-refractivity contribution in [1.29, 1.82) is 0 Å². The summed E-state index contributed by atoms with van der Waals surface area (Å²) in [7, 11) is 3.40. The Labute approximate surface area is 100 Å². The van der Waals surface area contributed by atoms with Crippen LogP contribution in [0.3, 0.4) is 0 Å². The van der Waals surface area contributed by atoms with E-state index in [2.05, 4.69) is 6.07 Å². The van der Waals surface area contributed by atoms with Crippen molar-refractivity contribution in [3.63, 3.8) is 0 Å². The largest absolute Gasteiger partial charge is 0.493 e. The second-order valence-electron chi connectivity index (χ2n) is 4.52. The second-order valence-corrected chi connectivity index (χ2v) is 4.52. The number of furan rings is 1. The summed E-state index contributed by atoms with van der Waals surface area (Å²) >= 11 is 0.